The summed E-state index contributed by atoms with van der Waals surface area (Å²) in [6.07, 6.45) is 1.06. The maximum atomic E-state index is 12.4. The van der Waals surface area contributed by atoms with E-state index < -0.39 is 0 Å². The normalized spacial score (nSPS) is 14.8. The number of nitrogens with one attached hydrogen (secondary N) is 1. The summed E-state index contributed by atoms with van der Waals surface area (Å²) in [6, 6.07) is 16.1. The van der Waals surface area contributed by atoms with Gasteiger partial charge in [0.25, 0.3) is 5.91 Å². The number of nitrogens with zero attached hydrogens (tertiary/aromatic N) is 1. The Morgan fingerprint density at radius 1 is 1.12 bits per heavy atom. The van der Waals surface area contributed by atoms with Gasteiger partial charge in [0.1, 0.15) is 0 Å². The Balaban J connectivity index is 1.60. The average Bonchev–Trinajstić information content (AvgIpc) is 2.66. The number of carbonyl (C=O) groups is 1. The third-order valence-electron chi connectivity index (χ3n) is 5.12. The molecular weight excluding hydrogens is 310 g/mol. The van der Waals surface area contributed by atoms with Crippen molar-refractivity contribution in [3.05, 3.63) is 70.8 Å². The summed E-state index contributed by atoms with van der Waals surface area (Å²) < 4.78 is 0. The average molecular weight is 337 g/mol. The molecule has 3 N–H and O–H groups in total. The van der Waals surface area contributed by atoms with Crippen LogP contribution in [0.25, 0.3) is 0 Å². The molecule has 3 rings (SSSR count). The fourth-order valence-corrected chi connectivity index (χ4v) is 3.32. The first kappa shape index (κ1) is 17.6. The van der Waals surface area contributed by atoms with Crippen molar-refractivity contribution in [2.24, 2.45) is 5.73 Å². The monoisotopic (exact) mass is 337 g/mol. The lowest BCUT2D eigenvalue weighted by Crippen LogP contribution is -2.53. The zero-order valence-corrected chi connectivity index (χ0v) is 15.1. The van der Waals surface area contributed by atoms with Crippen molar-refractivity contribution in [3.8, 4) is 0 Å². The zero-order chi connectivity index (χ0) is 17.9. The van der Waals surface area contributed by atoms with Crippen LogP contribution in [0.4, 0.5) is 0 Å². The van der Waals surface area contributed by atoms with Crippen molar-refractivity contribution < 1.29 is 4.79 Å². The van der Waals surface area contributed by atoms with Crippen LogP contribution in [0, 0.1) is 0 Å². The summed E-state index contributed by atoms with van der Waals surface area (Å²) in [6.45, 7) is 7.45. The molecule has 0 spiro atoms. The molecule has 1 aliphatic rings. The minimum Gasteiger partial charge on any atom is -0.350 e. The van der Waals surface area contributed by atoms with Gasteiger partial charge in [0.05, 0.1) is 0 Å². The first-order valence-corrected chi connectivity index (χ1v) is 8.88. The largest absolute Gasteiger partial charge is 0.350 e. The van der Waals surface area contributed by atoms with Gasteiger partial charge in [-0.1, -0.05) is 36.4 Å². The first-order valence-electron chi connectivity index (χ1n) is 8.88. The molecule has 0 unspecified atom stereocenters. The van der Waals surface area contributed by atoms with Gasteiger partial charge in [-0.2, -0.15) is 0 Å². The highest BCUT2D eigenvalue weighted by Crippen LogP contribution is 2.25. The molecule has 0 saturated heterocycles. The molecule has 25 heavy (non-hydrogen) atoms. The number of benzene rings is 2. The molecule has 132 valence electrons. The third kappa shape index (κ3) is 4.09. The summed E-state index contributed by atoms with van der Waals surface area (Å²) >= 11 is 0. The molecule has 4 heteroatoms. The van der Waals surface area contributed by atoms with E-state index in [4.69, 9.17) is 5.73 Å². The maximum Gasteiger partial charge on any atom is 0.251 e. The van der Waals surface area contributed by atoms with E-state index in [0.29, 0.717) is 18.7 Å². The Kier molecular flexibility index (Phi) is 5.21. The highest BCUT2D eigenvalue weighted by Gasteiger charge is 2.30. The summed E-state index contributed by atoms with van der Waals surface area (Å²) in [5.74, 6) is -0.0333. The van der Waals surface area contributed by atoms with Crippen LogP contribution < -0.4 is 11.1 Å². The summed E-state index contributed by atoms with van der Waals surface area (Å²) in [5.41, 5.74) is 10.1. The fourth-order valence-electron chi connectivity index (χ4n) is 3.32. The minimum absolute atomic E-state index is 0.0333. The van der Waals surface area contributed by atoms with Crippen molar-refractivity contribution in [1.29, 1.82) is 0 Å². The Hall–Kier alpha value is -2.17. The van der Waals surface area contributed by atoms with E-state index in [2.05, 4.69) is 48.3 Å². The second-order valence-electron chi connectivity index (χ2n) is 7.34. The van der Waals surface area contributed by atoms with Crippen LogP contribution in [0.3, 0.4) is 0 Å². The molecule has 0 fully saturated rings. The molecule has 1 amide bonds. The van der Waals surface area contributed by atoms with E-state index in [1.54, 1.807) is 0 Å². The first-order chi connectivity index (χ1) is 12.0. The molecule has 1 heterocycles. The highest BCUT2D eigenvalue weighted by atomic mass is 16.1. The second-order valence-corrected chi connectivity index (χ2v) is 7.34. The van der Waals surface area contributed by atoms with Crippen LogP contribution in [0.5, 0.6) is 0 Å². The molecule has 0 bridgehead atoms. The van der Waals surface area contributed by atoms with E-state index in [1.807, 2.05) is 24.3 Å². The lowest BCUT2D eigenvalue weighted by molar-refractivity contribution is 0.0826. The third-order valence-corrected chi connectivity index (χ3v) is 5.12. The van der Waals surface area contributed by atoms with Crippen molar-refractivity contribution in [3.63, 3.8) is 0 Å². The van der Waals surface area contributed by atoms with Gasteiger partial charge in [0.15, 0.2) is 0 Å². The Morgan fingerprint density at radius 2 is 1.80 bits per heavy atom. The second kappa shape index (κ2) is 7.38. The molecule has 2 aromatic rings. The van der Waals surface area contributed by atoms with E-state index in [0.717, 1.165) is 25.1 Å². The van der Waals surface area contributed by atoms with Crippen LogP contribution in [0.1, 0.15) is 40.9 Å². The minimum atomic E-state index is -0.0968. The van der Waals surface area contributed by atoms with E-state index in [9.17, 15) is 4.79 Å². The van der Waals surface area contributed by atoms with Gasteiger partial charge in [0.2, 0.25) is 0 Å². The van der Waals surface area contributed by atoms with Gasteiger partial charge < -0.3 is 11.1 Å². The van der Waals surface area contributed by atoms with Gasteiger partial charge in [0, 0.05) is 37.3 Å². The van der Waals surface area contributed by atoms with Gasteiger partial charge in [-0.05, 0) is 49.1 Å². The molecule has 0 aromatic heterocycles. The van der Waals surface area contributed by atoms with Crippen LogP contribution in [-0.4, -0.2) is 29.4 Å². The number of fused-ring (bicyclic) bond motifs is 1. The molecule has 4 nitrogen and oxygen atoms in total. The molecule has 0 atom stereocenters. The number of hydrogen-bond donors (Lipinski definition) is 2. The maximum absolute atomic E-state index is 12.4. The molecular formula is C21H27N3O. The lowest BCUT2D eigenvalue weighted by atomic mass is 9.94. The predicted octanol–water partition coefficient (Wildman–Crippen LogP) is 2.71. The van der Waals surface area contributed by atoms with Gasteiger partial charge in [-0.3, -0.25) is 9.69 Å². The van der Waals surface area contributed by atoms with Crippen LogP contribution in [-0.2, 0) is 19.5 Å². The summed E-state index contributed by atoms with van der Waals surface area (Å²) in [4.78, 5) is 14.9. The number of rotatable bonds is 5. The van der Waals surface area contributed by atoms with Crippen LogP contribution in [0.15, 0.2) is 48.5 Å². The quantitative estimate of drug-likeness (QED) is 0.882. The highest BCUT2D eigenvalue weighted by molar-refractivity contribution is 5.94. The molecule has 0 aliphatic carbocycles. The smallest absolute Gasteiger partial charge is 0.251 e. The summed E-state index contributed by atoms with van der Waals surface area (Å²) in [5, 5.41) is 3.09. The van der Waals surface area contributed by atoms with Gasteiger partial charge >= 0.3 is 0 Å². The fraction of sp³-hybridized carbons (Fsp3) is 0.381. The SMILES string of the molecule is CC(C)(CNC(=O)c1ccc(CN)cc1)N1CCc2ccccc2C1. The van der Waals surface area contributed by atoms with Crippen molar-refractivity contribution in [2.75, 3.05) is 13.1 Å². The Morgan fingerprint density at radius 3 is 2.48 bits per heavy atom. The Labute approximate surface area is 150 Å². The van der Waals surface area contributed by atoms with E-state index in [1.165, 1.54) is 11.1 Å². The molecule has 0 saturated carbocycles. The van der Waals surface area contributed by atoms with E-state index in [-0.39, 0.29) is 11.4 Å². The van der Waals surface area contributed by atoms with Crippen molar-refractivity contribution in [2.45, 2.75) is 38.9 Å². The van der Waals surface area contributed by atoms with Gasteiger partial charge in [-0.25, -0.2) is 0 Å². The van der Waals surface area contributed by atoms with Crippen molar-refractivity contribution >= 4 is 5.91 Å². The summed E-state index contributed by atoms with van der Waals surface area (Å²) in [7, 11) is 0. The predicted molar refractivity (Wildman–Crippen MR) is 101 cm³/mol. The van der Waals surface area contributed by atoms with Crippen LogP contribution in [0.2, 0.25) is 0 Å². The van der Waals surface area contributed by atoms with Gasteiger partial charge in [-0.15, -0.1) is 0 Å². The molecule has 0 radical (unpaired) electrons. The molecule has 1 aliphatic heterocycles. The number of nitrogens with two attached hydrogens (primary N) is 1. The zero-order valence-electron chi connectivity index (χ0n) is 15.1. The number of amides is 1. The topological polar surface area (TPSA) is 58.4 Å². The standard InChI is InChI=1S/C21H27N3O/c1-21(2,24-12-11-17-5-3-4-6-19(17)14-24)15-23-20(25)18-9-7-16(13-22)8-10-18/h3-10H,11-15,22H2,1-2H3,(H,23,25). The molecule has 2 aromatic carbocycles. The van der Waals surface area contributed by atoms with E-state index >= 15 is 0 Å². The number of hydrogen-bond acceptors (Lipinski definition) is 3. The van der Waals surface area contributed by atoms with Crippen molar-refractivity contribution in [1.82, 2.24) is 10.2 Å². The Bertz CT molecular complexity index is 737. The number of carbonyl (C=O) groups excluding carboxylic acids is 1. The lowest BCUT2D eigenvalue weighted by Gasteiger charge is -2.41. The van der Waals surface area contributed by atoms with Crippen LogP contribution >= 0.6 is 0 Å².